The number of carbonyl (C=O) groups is 1. The van der Waals surface area contributed by atoms with Gasteiger partial charge in [-0.25, -0.2) is 14.2 Å². The molecule has 3 aromatic rings. The molecule has 0 bridgehead atoms. The first-order chi connectivity index (χ1) is 19.9. The Bertz CT molecular complexity index is 1480. The van der Waals surface area contributed by atoms with Crippen molar-refractivity contribution in [1.82, 2.24) is 14.5 Å². The quantitative estimate of drug-likeness (QED) is 0.243. The maximum absolute atomic E-state index is 14.8. The molecule has 8 nitrogen and oxygen atoms in total. The predicted molar refractivity (Wildman–Crippen MR) is 144 cm³/mol. The normalized spacial score (nSPS) is 19.6. The number of benzene rings is 2. The Hall–Kier alpha value is -3.90. The van der Waals surface area contributed by atoms with Crippen LogP contribution in [0.25, 0.3) is 6.08 Å². The molecular formula is C30H31F4N3O5. The zero-order valence-corrected chi connectivity index (χ0v) is 23.2. The molecule has 0 aliphatic carbocycles. The van der Waals surface area contributed by atoms with Gasteiger partial charge in [-0.2, -0.15) is 0 Å². The molecule has 2 aliphatic rings. The van der Waals surface area contributed by atoms with Gasteiger partial charge in [-0.3, -0.25) is 9.64 Å². The number of hydrogen-bond donors (Lipinski definition) is 1. The Labute approximate surface area is 240 Å². The number of carboxylic acid groups (broad SMARTS) is 1. The maximum atomic E-state index is 14.8. The third kappa shape index (κ3) is 6.60. The fourth-order valence-electron chi connectivity index (χ4n) is 5.53. The molecule has 0 amide bonds. The molecule has 1 aromatic heterocycles. The number of piperidine rings is 1. The summed E-state index contributed by atoms with van der Waals surface area (Å²) in [5, 5.41) is 8.97. The SMILES string of the molecule is Cc1ccc([C@@]2(C)Oc3cccc(C4CCN(Cc5ncc(/C=C/C(=O)O)n5CCOC(F)(F)F)CC4)c3O2)c(F)c1. The first kappa shape index (κ1) is 29.6. The van der Waals surface area contributed by atoms with Crippen LogP contribution in [0.3, 0.4) is 0 Å². The van der Waals surface area contributed by atoms with Gasteiger partial charge in [-0.15, -0.1) is 13.2 Å². The van der Waals surface area contributed by atoms with E-state index in [0.29, 0.717) is 48.2 Å². The molecule has 3 heterocycles. The van der Waals surface area contributed by atoms with Gasteiger partial charge >= 0.3 is 12.3 Å². The van der Waals surface area contributed by atoms with Gasteiger partial charge in [0, 0.05) is 25.1 Å². The third-order valence-corrected chi connectivity index (χ3v) is 7.56. The molecule has 2 aromatic carbocycles. The number of para-hydroxylation sites is 1. The number of aryl methyl sites for hydroxylation is 1. The minimum atomic E-state index is -4.77. The van der Waals surface area contributed by atoms with Crippen LogP contribution in [0.5, 0.6) is 11.5 Å². The van der Waals surface area contributed by atoms with Crippen LogP contribution in [0.2, 0.25) is 0 Å². The van der Waals surface area contributed by atoms with Gasteiger partial charge in [-0.1, -0.05) is 18.2 Å². The van der Waals surface area contributed by atoms with Gasteiger partial charge in [0.2, 0.25) is 0 Å². The highest BCUT2D eigenvalue weighted by Crippen LogP contribution is 2.49. The highest BCUT2D eigenvalue weighted by Gasteiger charge is 2.43. The van der Waals surface area contributed by atoms with Gasteiger partial charge in [0.05, 0.1) is 30.6 Å². The fourth-order valence-corrected chi connectivity index (χ4v) is 5.53. The van der Waals surface area contributed by atoms with Crippen LogP contribution in [-0.2, 0) is 28.4 Å². The van der Waals surface area contributed by atoms with E-state index in [4.69, 9.17) is 14.6 Å². The number of nitrogens with zero attached hydrogens (tertiary/aromatic N) is 3. The summed E-state index contributed by atoms with van der Waals surface area (Å²) >= 11 is 0. The van der Waals surface area contributed by atoms with E-state index in [0.717, 1.165) is 30.0 Å². The van der Waals surface area contributed by atoms with E-state index in [-0.39, 0.29) is 12.5 Å². The first-order valence-corrected chi connectivity index (χ1v) is 13.6. The molecule has 1 N–H and O–H groups in total. The second kappa shape index (κ2) is 11.8. The summed E-state index contributed by atoms with van der Waals surface area (Å²) < 4.78 is 70.4. The molecular weight excluding hydrogens is 558 g/mol. The van der Waals surface area contributed by atoms with Crippen molar-refractivity contribution in [1.29, 1.82) is 0 Å². The molecule has 1 fully saturated rings. The van der Waals surface area contributed by atoms with Crippen molar-refractivity contribution >= 4 is 12.0 Å². The molecule has 0 radical (unpaired) electrons. The average molecular weight is 590 g/mol. The van der Waals surface area contributed by atoms with Gasteiger partial charge in [0.15, 0.2) is 11.5 Å². The lowest BCUT2D eigenvalue weighted by Gasteiger charge is -2.32. The van der Waals surface area contributed by atoms with Crippen LogP contribution in [0.4, 0.5) is 17.6 Å². The summed E-state index contributed by atoms with van der Waals surface area (Å²) in [5.41, 5.74) is 2.47. The van der Waals surface area contributed by atoms with Crippen molar-refractivity contribution in [2.24, 2.45) is 0 Å². The van der Waals surface area contributed by atoms with Gasteiger partial charge in [-0.05, 0) is 68.6 Å². The van der Waals surface area contributed by atoms with Crippen LogP contribution in [0.15, 0.2) is 48.7 Å². The lowest BCUT2D eigenvalue weighted by atomic mass is 9.88. The van der Waals surface area contributed by atoms with Crippen LogP contribution >= 0.6 is 0 Å². The molecule has 1 saturated heterocycles. The number of likely N-dealkylation sites (tertiary alicyclic amines) is 1. The minimum absolute atomic E-state index is 0.140. The van der Waals surface area contributed by atoms with Crippen molar-refractivity contribution < 1.29 is 41.7 Å². The third-order valence-electron chi connectivity index (χ3n) is 7.56. The number of halogens is 4. The molecule has 12 heteroatoms. The maximum Gasteiger partial charge on any atom is 0.522 e. The van der Waals surface area contributed by atoms with Crippen molar-refractivity contribution in [3.8, 4) is 11.5 Å². The topological polar surface area (TPSA) is 86.1 Å². The largest absolute Gasteiger partial charge is 0.522 e. The summed E-state index contributed by atoms with van der Waals surface area (Å²) in [7, 11) is 0. The minimum Gasteiger partial charge on any atom is -0.478 e. The van der Waals surface area contributed by atoms with E-state index in [2.05, 4.69) is 14.6 Å². The lowest BCUT2D eigenvalue weighted by molar-refractivity contribution is -0.325. The second-order valence-electron chi connectivity index (χ2n) is 10.6. The number of alkyl halides is 3. The van der Waals surface area contributed by atoms with Crippen molar-refractivity contribution in [2.45, 2.75) is 57.8 Å². The summed E-state index contributed by atoms with van der Waals surface area (Å²) in [5.74, 6) is -1.04. The monoisotopic (exact) mass is 589 g/mol. The highest BCUT2D eigenvalue weighted by atomic mass is 19.4. The Kier molecular flexibility index (Phi) is 8.29. The molecule has 42 heavy (non-hydrogen) atoms. The zero-order chi connectivity index (χ0) is 30.1. The number of fused-ring (bicyclic) bond motifs is 1. The van der Waals surface area contributed by atoms with Crippen molar-refractivity contribution in [3.05, 3.63) is 82.7 Å². The molecule has 2 aliphatic heterocycles. The standard InChI is InChI=1S/C30H31F4N3O5/c1-19-6-8-23(24(31)16-19)29(2)41-25-5-3-4-22(28(25)42-29)20-10-12-36(13-11-20)18-26-35-17-21(7-9-27(38)39)37(26)14-15-40-30(32,33)34/h3-9,16-17,20H,10-15,18H2,1-2H3,(H,38,39)/b9-7+/t29-/m0/s1. The van der Waals surface area contributed by atoms with E-state index in [1.807, 2.05) is 31.2 Å². The molecule has 5 rings (SSSR count). The van der Waals surface area contributed by atoms with E-state index in [1.165, 1.54) is 22.9 Å². The van der Waals surface area contributed by atoms with Crippen molar-refractivity contribution in [2.75, 3.05) is 19.7 Å². The van der Waals surface area contributed by atoms with Crippen LogP contribution < -0.4 is 9.47 Å². The Balaban J connectivity index is 1.26. The summed E-state index contributed by atoms with van der Waals surface area (Å²) in [6.07, 6.45) is 0.437. The first-order valence-electron chi connectivity index (χ1n) is 13.6. The summed E-state index contributed by atoms with van der Waals surface area (Å²) in [6, 6.07) is 10.6. The number of ether oxygens (including phenoxy) is 3. The Morgan fingerprint density at radius 2 is 1.98 bits per heavy atom. The molecule has 1 atom stereocenters. The summed E-state index contributed by atoms with van der Waals surface area (Å²) in [6.45, 7) is 4.49. The summed E-state index contributed by atoms with van der Waals surface area (Å²) in [4.78, 5) is 17.5. The average Bonchev–Trinajstić information content (AvgIpc) is 3.47. The molecule has 224 valence electrons. The van der Waals surface area contributed by atoms with Crippen LogP contribution in [-0.4, -0.2) is 51.6 Å². The highest BCUT2D eigenvalue weighted by molar-refractivity contribution is 5.84. The zero-order valence-electron chi connectivity index (χ0n) is 23.2. The Morgan fingerprint density at radius 1 is 1.21 bits per heavy atom. The molecule has 0 unspecified atom stereocenters. The van der Waals surface area contributed by atoms with Crippen LogP contribution in [0, 0.1) is 12.7 Å². The van der Waals surface area contributed by atoms with Gasteiger partial charge in [0.1, 0.15) is 11.6 Å². The van der Waals surface area contributed by atoms with E-state index in [1.54, 1.807) is 13.0 Å². The number of rotatable bonds is 9. The lowest BCUT2D eigenvalue weighted by Crippen LogP contribution is -2.34. The van der Waals surface area contributed by atoms with E-state index in [9.17, 15) is 22.4 Å². The predicted octanol–water partition coefficient (Wildman–Crippen LogP) is 5.99. The van der Waals surface area contributed by atoms with Crippen molar-refractivity contribution in [3.63, 3.8) is 0 Å². The van der Waals surface area contributed by atoms with E-state index < -0.39 is 30.5 Å². The number of carboxylic acids is 1. The second-order valence-corrected chi connectivity index (χ2v) is 10.6. The fraction of sp³-hybridized carbons (Fsp3) is 0.400. The Morgan fingerprint density at radius 3 is 2.67 bits per heavy atom. The number of hydrogen-bond acceptors (Lipinski definition) is 6. The number of aromatic nitrogens is 2. The van der Waals surface area contributed by atoms with Crippen LogP contribution in [0.1, 0.15) is 53.9 Å². The van der Waals surface area contributed by atoms with E-state index >= 15 is 0 Å². The molecule has 0 spiro atoms. The molecule has 0 saturated carbocycles. The van der Waals surface area contributed by atoms with Gasteiger partial charge < -0.3 is 19.1 Å². The number of imidazole rings is 1. The number of aliphatic carboxylic acids is 1. The van der Waals surface area contributed by atoms with Gasteiger partial charge in [0.25, 0.3) is 5.79 Å². The smallest absolute Gasteiger partial charge is 0.478 e.